The molecule has 20 heavy (non-hydrogen) atoms. The minimum Gasteiger partial charge on any atom is -0.339 e. The first kappa shape index (κ1) is 15.0. The SMILES string of the molecule is CCCC(N)Cc1nc(CSc2ccc(F)cc2)no1. The highest BCUT2D eigenvalue weighted by atomic mass is 32.2. The Morgan fingerprint density at radius 3 is 2.80 bits per heavy atom. The molecule has 0 fully saturated rings. The summed E-state index contributed by atoms with van der Waals surface area (Å²) in [5.74, 6) is 1.58. The quantitative estimate of drug-likeness (QED) is 0.795. The number of halogens is 1. The third-order valence-corrected chi connectivity index (χ3v) is 3.80. The average molecular weight is 295 g/mol. The first-order chi connectivity index (χ1) is 9.67. The molecule has 0 aliphatic heterocycles. The molecule has 1 unspecified atom stereocenters. The minimum absolute atomic E-state index is 0.0676. The van der Waals surface area contributed by atoms with Crippen LogP contribution in [-0.2, 0) is 12.2 Å². The lowest BCUT2D eigenvalue weighted by molar-refractivity contribution is 0.362. The monoisotopic (exact) mass is 295 g/mol. The number of rotatable bonds is 7. The van der Waals surface area contributed by atoms with Crippen LogP contribution in [0.2, 0.25) is 0 Å². The highest BCUT2D eigenvalue weighted by molar-refractivity contribution is 7.98. The van der Waals surface area contributed by atoms with Gasteiger partial charge < -0.3 is 10.3 Å². The molecule has 0 radical (unpaired) electrons. The number of nitrogens with zero attached hydrogens (tertiary/aromatic N) is 2. The van der Waals surface area contributed by atoms with E-state index in [0.717, 1.165) is 17.7 Å². The Bertz CT molecular complexity index is 529. The fraction of sp³-hybridized carbons (Fsp3) is 0.429. The van der Waals surface area contributed by atoms with E-state index in [2.05, 4.69) is 17.1 Å². The lowest BCUT2D eigenvalue weighted by Gasteiger charge is -2.05. The van der Waals surface area contributed by atoms with Crippen molar-refractivity contribution in [2.24, 2.45) is 5.73 Å². The smallest absolute Gasteiger partial charge is 0.228 e. The third-order valence-electron chi connectivity index (χ3n) is 2.79. The van der Waals surface area contributed by atoms with Gasteiger partial charge in [-0.25, -0.2) is 4.39 Å². The topological polar surface area (TPSA) is 64.9 Å². The largest absolute Gasteiger partial charge is 0.339 e. The fourth-order valence-corrected chi connectivity index (χ4v) is 2.55. The van der Waals surface area contributed by atoms with E-state index >= 15 is 0 Å². The van der Waals surface area contributed by atoms with Gasteiger partial charge in [-0.2, -0.15) is 4.98 Å². The average Bonchev–Trinajstić information content (AvgIpc) is 2.86. The molecular weight excluding hydrogens is 277 g/mol. The number of nitrogens with two attached hydrogens (primary N) is 1. The summed E-state index contributed by atoms with van der Waals surface area (Å²) in [5, 5.41) is 3.93. The molecular formula is C14H18FN3OS. The Morgan fingerprint density at radius 2 is 2.10 bits per heavy atom. The second-order valence-corrected chi connectivity index (χ2v) is 5.65. The van der Waals surface area contributed by atoms with Gasteiger partial charge >= 0.3 is 0 Å². The molecule has 2 rings (SSSR count). The molecule has 0 saturated carbocycles. The molecule has 4 nitrogen and oxygen atoms in total. The zero-order valence-corrected chi connectivity index (χ0v) is 12.2. The van der Waals surface area contributed by atoms with Gasteiger partial charge in [0.05, 0.1) is 5.75 Å². The van der Waals surface area contributed by atoms with Gasteiger partial charge in [0.15, 0.2) is 5.82 Å². The molecule has 2 N–H and O–H groups in total. The van der Waals surface area contributed by atoms with E-state index in [4.69, 9.17) is 10.3 Å². The Hall–Kier alpha value is -1.40. The zero-order chi connectivity index (χ0) is 14.4. The maximum Gasteiger partial charge on any atom is 0.228 e. The van der Waals surface area contributed by atoms with Crippen molar-refractivity contribution in [3.63, 3.8) is 0 Å². The van der Waals surface area contributed by atoms with E-state index in [1.807, 2.05) is 0 Å². The molecule has 1 heterocycles. The minimum atomic E-state index is -0.235. The molecule has 0 saturated heterocycles. The first-order valence-electron chi connectivity index (χ1n) is 6.62. The van der Waals surface area contributed by atoms with E-state index in [1.165, 1.54) is 12.1 Å². The van der Waals surface area contributed by atoms with Crippen LogP contribution in [0.4, 0.5) is 4.39 Å². The second kappa shape index (κ2) is 7.40. The fourth-order valence-electron chi connectivity index (χ4n) is 1.81. The van der Waals surface area contributed by atoms with E-state index in [-0.39, 0.29) is 11.9 Å². The van der Waals surface area contributed by atoms with Gasteiger partial charge in [0.25, 0.3) is 0 Å². The van der Waals surface area contributed by atoms with Crippen LogP contribution in [-0.4, -0.2) is 16.2 Å². The van der Waals surface area contributed by atoms with Crippen LogP contribution in [0.25, 0.3) is 0 Å². The van der Waals surface area contributed by atoms with Crippen molar-refractivity contribution in [2.75, 3.05) is 0 Å². The van der Waals surface area contributed by atoms with Gasteiger partial charge in [0.2, 0.25) is 5.89 Å². The predicted octanol–water partition coefficient (Wildman–Crippen LogP) is 3.17. The molecule has 1 aromatic heterocycles. The van der Waals surface area contributed by atoms with E-state index in [0.29, 0.717) is 23.9 Å². The summed E-state index contributed by atoms with van der Waals surface area (Å²) in [5.41, 5.74) is 5.94. The molecule has 0 aliphatic carbocycles. The standard InChI is InChI=1S/C14H18FN3OS/c1-2-3-11(16)8-14-17-13(18-19-14)9-20-12-6-4-10(15)5-7-12/h4-7,11H,2-3,8-9,16H2,1H3. The van der Waals surface area contributed by atoms with Gasteiger partial charge in [-0.1, -0.05) is 18.5 Å². The summed E-state index contributed by atoms with van der Waals surface area (Å²) in [6.45, 7) is 2.10. The molecule has 0 aliphatic rings. The lowest BCUT2D eigenvalue weighted by atomic mass is 10.1. The summed E-state index contributed by atoms with van der Waals surface area (Å²) in [7, 11) is 0. The van der Waals surface area contributed by atoms with Crippen LogP contribution in [0.1, 0.15) is 31.5 Å². The maximum atomic E-state index is 12.8. The van der Waals surface area contributed by atoms with Crippen molar-refractivity contribution in [1.82, 2.24) is 10.1 Å². The maximum absolute atomic E-state index is 12.8. The van der Waals surface area contributed by atoms with Crippen molar-refractivity contribution in [2.45, 2.75) is 42.9 Å². The van der Waals surface area contributed by atoms with Crippen LogP contribution < -0.4 is 5.73 Å². The number of hydrogen-bond donors (Lipinski definition) is 1. The van der Waals surface area contributed by atoms with Crippen molar-refractivity contribution in [3.8, 4) is 0 Å². The third kappa shape index (κ3) is 4.61. The van der Waals surface area contributed by atoms with Crippen molar-refractivity contribution in [1.29, 1.82) is 0 Å². The molecule has 0 bridgehead atoms. The molecule has 108 valence electrons. The van der Waals surface area contributed by atoms with Crippen LogP contribution in [0, 0.1) is 5.82 Å². The normalized spacial score (nSPS) is 12.6. The Kier molecular flexibility index (Phi) is 5.55. The zero-order valence-electron chi connectivity index (χ0n) is 11.4. The van der Waals surface area contributed by atoms with Gasteiger partial charge in [-0.3, -0.25) is 0 Å². The highest BCUT2D eigenvalue weighted by Gasteiger charge is 2.11. The Morgan fingerprint density at radius 1 is 1.35 bits per heavy atom. The van der Waals surface area contributed by atoms with Gasteiger partial charge in [-0.15, -0.1) is 11.8 Å². The molecule has 1 atom stereocenters. The molecule has 0 spiro atoms. The van der Waals surface area contributed by atoms with Gasteiger partial charge in [0, 0.05) is 17.4 Å². The number of hydrogen-bond acceptors (Lipinski definition) is 5. The second-order valence-electron chi connectivity index (χ2n) is 4.60. The van der Waals surface area contributed by atoms with Gasteiger partial charge in [-0.05, 0) is 30.7 Å². The summed E-state index contributed by atoms with van der Waals surface area (Å²) in [6, 6.07) is 6.41. The Balaban J connectivity index is 1.85. The molecule has 0 amide bonds. The van der Waals surface area contributed by atoms with Crippen molar-refractivity contribution < 1.29 is 8.91 Å². The molecule has 2 aromatic rings. The van der Waals surface area contributed by atoms with Crippen LogP contribution in [0.5, 0.6) is 0 Å². The Labute approximate surface area is 121 Å². The summed E-state index contributed by atoms with van der Waals surface area (Å²) < 4.78 is 18.0. The number of benzene rings is 1. The summed E-state index contributed by atoms with van der Waals surface area (Å²) in [6.07, 6.45) is 2.60. The summed E-state index contributed by atoms with van der Waals surface area (Å²) >= 11 is 1.54. The van der Waals surface area contributed by atoms with Crippen LogP contribution in [0.3, 0.4) is 0 Å². The van der Waals surface area contributed by atoms with E-state index in [9.17, 15) is 4.39 Å². The highest BCUT2D eigenvalue weighted by Crippen LogP contribution is 2.21. The lowest BCUT2D eigenvalue weighted by Crippen LogP contribution is -2.22. The van der Waals surface area contributed by atoms with E-state index < -0.39 is 0 Å². The molecule has 1 aromatic carbocycles. The van der Waals surface area contributed by atoms with Crippen LogP contribution in [0.15, 0.2) is 33.7 Å². The molecule has 6 heteroatoms. The van der Waals surface area contributed by atoms with E-state index in [1.54, 1.807) is 23.9 Å². The van der Waals surface area contributed by atoms with Gasteiger partial charge in [0.1, 0.15) is 5.82 Å². The van der Waals surface area contributed by atoms with Crippen molar-refractivity contribution >= 4 is 11.8 Å². The first-order valence-corrected chi connectivity index (χ1v) is 7.61. The van der Waals surface area contributed by atoms with Crippen LogP contribution >= 0.6 is 11.8 Å². The number of aromatic nitrogens is 2. The summed E-state index contributed by atoms with van der Waals surface area (Å²) in [4.78, 5) is 5.29. The predicted molar refractivity (Wildman–Crippen MR) is 76.8 cm³/mol. The number of thioether (sulfide) groups is 1. The van der Waals surface area contributed by atoms with Crippen molar-refractivity contribution in [3.05, 3.63) is 41.8 Å².